The number of hydrogen-bond acceptors (Lipinski definition) is 16. The molecule has 0 bridgehead atoms. The molecule has 0 N–H and O–H groups in total. The molecule has 0 fully saturated rings. The molecule has 0 radical (unpaired) electrons. The molecular weight excluding hydrogens is 1380 g/mol. The van der Waals surface area contributed by atoms with Gasteiger partial charge in [0.15, 0.2) is 58.2 Å². The lowest BCUT2D eigenvalue weighted by atomic mass is 10.1. The van der Waals surface area contributed by atoms with Crippen molar-refractivity contribution in [2.75, 3.05) is 0 Å². The Bertz CT molecular complexity index is 6100. The molecule has 0 amide bonds. The van der Waals surface area contributed by atoms with Crippen LogP contribution in [0.5, 0.6) is 0 Å². The second-order valence-electron chi connectivity index (χ2n) is 27.8. The first kappa shape index (κ1) is 61.6. The summed E-state index contributed by atoms with van der Waals surface area (Å²) in [5, 5.41) is 8.94. The molecule has 5 heterocycles. The summed E-state index contributed by atoms with van der Waals surface area (Å²) < 4.78 is 120. The van der Waals surface area contributed by atoms with E-state index in [1.54, 1.807) is 38.1 Å². The number of hydrogen-bond donors (Lipinski definition) is 0. The second kappa shape index (κ2) is 38.2. The molecule has 10 aromatic carbocycles. The highest BCUT2D eigenvalue weighted by atomic mass is 15.1. The predicted molar refractivity (Wildman–Crippen MR) is 452 cm³/mol. The Balaban J connectivity index is 0.000000155. The van der Waals surface area contributed by atoms with Crippen molar-refractivity contribution in [3.8, 4) is 120 Å². The summed E-state index contributed by atoms with van der Waals surface area (Å²) in [6.45, 7) is 29.7. The van der Waals surface area contributed by atoms with E-state index in [4.69, 9.17) is 30.8 Å². The minimum absolute atomic E-state index is 0.0102. The maximum atomic E-state index is 8.94. The third kappa shape index (κ3) is 22.0. The quantitative estimate of drug-likeness (QED) is 0.0932. The second-order valence-corrected chi connectivity index (χ2v) is 27.8. The van der Waals surface area contributed by atoms with Gasteiger partial charge in [-0.3, -0.25) is 0 Å². The van der Waals surface area contributed by atoms with Crippen LogP contribution in [0.4, 0.5) is 0 Å². The topological polar surface area (TPSA) is 217 Å². The van der Waals surface area contributed by atoms with Gasteiger partial charge in [0.1, 0.15) is 29.1 Å². The lowest BCUT2D eigenvalue weighted by molar-refractivity contribution is 0.766. The first-order valence-electron chi connectivity index (χ1n) is 44.2. The molecule has 0 aliphatic rings. The van der Waals surface area contributed by atoms with Crippen LogP contribution in [0.1, 0.15) is 182 Å². The van der Waals surface area contributed by atoms with Gasteiger partial charge in [0.2, 0.25) is 0 Å². The van der Waals surface area contributed by atoms with E-state index >= 15 is 0 Å². The predicted octanol–water partition coefficient (Wildman–Crippen LogP) is 23.1. The number of aromatic nitrogens is 15. The van der Waals surface area contributed by atoms with Gasteiger partial charge >= 0.3 is 0 Å². The standard InChI is InChI=1S/C20H18N4.C20H21N3.2C19H19N3.C18H17N3/c1-13(2)18-22-19(16-8-4-14(3)5-9-16)24-20(23-18)17-10-6-15(12-21)7-11-17;1-13(2)18-21-19(16-9-5-14(3)6-10-16)23-20(22-18)17-11-7-15(4)8-12-17;2*1-13(2)17-20-18(15-7-5-4-6-8-15)22-19(21-17)16-11-9-14(3)10-12-16;1-13(2)16-19-17(14-9-5-3-6-10-14)21-18(20-16)15-11-7-4-8-12-15/h4-11,13H,1-3H3;5-13H,1-4H3;2*4-13H,1-3H3;3-13H,1-2H3/i;;4D,5D,6D,7D,8D,9D,10D,11D,12D;4D;3D,5D,6D,9D,10D. The van der Waals surface area contributed by atoms with Crippen molar-refractivity contribution in [1.29, 1.82) is 5.26 Å². The van der Waals surface area contributed by atoms with Crippen LogP contribution in [-0.2, 0) is 0 Å². The Morgan fingerprint density at radius 2 is 0.429 bits per heavy atom. The first-order valence-corrected chi connectivity index (χ1v) is 36.7. The van der Waals surface area contributed by atoms with E-state index < -0.39 is 48.3 Å². The third-order valence-electron chi connectivity index (χ3n) is 16.8. The first-order chi connectivity index (χ1) is 60.3. The largest absolute Gasteiger partial charge is 0.213 e. The SMILES string of the molecule is Cc1ccc(-c2nc(-c3ccc(C#N)cc3)nc(C(C)C)n2)cc1.Cc1ccc(-c2nc(-c3ccc(C)cc3)nc(C(C)C)n2)cc1.[2H]c1c([2H])c([2H])c(-c2nc(-c3c([2H])c([2H])c(C)c([2H])c3[2H])nc(C(C)C)n2)c([2H])c1[2H].[2H]c1c([2H])c([2H])c(-c2nc(-c3ccccc3)nc(C(C)C)n2)c([2H])c1[2H].[2H]c1ccc(-c2nc(-c3ccc(C)cc3)nc(C(C)C)n2)cc1. The fourth-order valence-corrected chi connectivity index (χ4v) is 10.3. The smallest absolute Gasteiger partial charge is 0.163 e. The highest BCUT2D eigenvalue weighted by Gasteiger charge is 2.19. The summed E-state index contributed by atoms with van der Waals surface area (Å²) in [4.78, 5) is 67.7. The van der Waals surface area contributed by atoms with Crippen molar-refractivity contribution in [3.63, 3.8) is 0 Å². The van der Waals surface area contributed by atoms with Gasteiger partial charge < -0.3 is 0 Å². The zero-order valence-corrected chi connectivity index (χ0v) is 65.3. The molecule has 16 heteroatoms. The Labute approximate surface area is 680 Å². The Hall–Kier alpha value is -13.3. The lowest BCUT2D eigenvalue weighted by Gasteiger charge is -2.10. The Kier molecular flexibility index (Phi) is 21.0. The summed E-state index contributed by atoms with van der Waals surface area (Å²) in [5.74, 6) is 7.78. The Morgan fingerprint density at radius 3 is 0.670 bits per heavy atom. The van der Waals surface area contributed by atoms with Gasteiger partial charge in [-0.05, 0) is 58.9 Å². The summed E-state index contributed by atoms with van der Waals surface area (Å²) in [7, 11) is 0. The molecule has 0 saturated heterocycles. The van der Waals surface area contributed by atoms with Gasteiger partial charge in [-0.25, -0.2) is 74.8 Å². The molecule has 16 nitrogen and oxygen atoms in total. The molecule has 0 aliphatic heterocycles. The number of rotatable bonds is 15. The van der Waals surface area contributed by atoms with E-state index in [1.165, 1.54) is 29.2 Å². The van der Waals surface area contributed by atoms with Crippen LogP contribution in [0.25, 0.3) is 114 Å². The van der Waals surface area contributed by atoms with Gasteiger partial charge in [-0.2, -0.15) is 5.26 Å². The normalized spacial score (nSPS) is 12.7. The monoisotopic (exact) mass is 1490 g/mol. The lowest BCUT2D eigenvalue weighted by Crippen LogP contribution is -2.04. The molecule has 112 heavy (non-hydrogen) atoms. The van der Waals surface area contributed by atoms with Crippen molar-refractivity contribution in [2.24, 2.45) is 0 Å². The van der Waals surface area contributed by atoms with Gasteiger partial charge in [0.05, 0.1) is 32.2 Å². The molecular formula is C96H94N16. The van der Waals surface area contributed by atoms with Crippen LogP contribution in [0.3, 0.4) is 0 Å². The summed E-state index contributed by atoms with van der Waals surface area (Å²) >= 11 is 0. The molecule has 15 rings (SSSR count). The van der Waals surface area contributed by atoms with Gasteiger partial charge in [-0.15, -0.1) is 0 Å². The van der Waals surface area contributed by atoms with E-state index in [2.05, 4.69) is 218 Å². The van der Waals surface area contributed by atoms with E-state index in [-0.39, 0.29) is 111 Å². The molecule has 0 unspecified atom stereocenters. The summed E-state index contributed by atoms with van der Waals surface area (Å²) in [5.41, 5.74) is 11.8. The van der Waals surface area contributed by atoms with Crippen molar-refractivity contribution in [3.05, 3.63) is 329 Å². The molecule has 15 aromatic rings. The van der Waals surface area contributed by atoms with E-state index in [0.29, 0.717) is 46.6 Å². The maximum Gasteiger partial charge on any atom is 0.163 e. The minimum Gasteiger partial charge on any atom is -0.213 e. The zero-order valence-electron chi connectivity index (χ0n) is 80.3. The van der Waals surface area contributed by atoms with E-state index in [9.17, 15) is 0 Å². The highest BCUT2D eigenvalue weighted by Crippen LogP contribution is 2.30. The van der Waals surface area contributed by atoms with Crippen LogP contribution in [0.2, 0.25) is 0 Å². The molecule has 0 spiro atoms. The zero-order chi connectivity index (χ0) is 92.3. The summed E-state index contributed by atoms with van der Waals surface area (Å²) in [6.07, 6.45) is 0. The van der Waals surface area contributed by atoms with Crippen molar-refractivity contribution in [2.45, 2.75) is 133 Å². The van der Waals surface area contributed by atoms with E-state index in [1.807, 2.05) is 92.7 Å². The Morgan fingerprint density at radius 1 is 0.214 bits per heavy atom. The molecule has 0 aliphatic carbocycles. The van der Waals surface area contributed by atoms with E-state index in [0.717, 1.165) is 68.1 Å². The minimum atomic E-state index is -0.546. The van der Waals surface area contributed by atoms with Crippen LogP contribution in [0, 0.1) is 45.9 Å². The number of nitriles is 1. The average Bonchev–Trinajstić information content (AvgIpc) is 0.756. The summed E-state index contributed by atoms with van der Waals surface area (Å²) in [6, 6.07) is 53.8. The van der Waals surface area contributed by atoms with Crippen LogP contribution in [0.15, 0.2) is 267 Å². The fourth-order valence-electron chi connectivity index (χ4n) is 10.3. The highest BCUT2D eigenvalue weighted by molar-refractivity contribution is 5.67. The van der Waals surface area contributed by atoms with Crippen LogP contribution >= 0.6 is 0 Å². The van der Waals surface area contributed by atoms with Crippen LogP contribution < -0.4 is 0 Å². The molecule has 0 atom stereocenters. The van der Waals surface area contributed by atoms with Crippen molar-refractivity contribution >= 4 is 0 Å². The molecule has 5 aromatic heterocycles. The molecule has 0 saturated carbocycles. The maximum absolute atomic E-state index is 8.94. The van der Waals surface area contributed by atoms with Crippen molar-refractivity contribution in [1.82, 2.24) is 74.8 Å². The van der Waals surface area contributed by atoms with Gasteiger partial charge in [-0.1, -0.05) is 339 Å². The average molecular weight is 1490 g/mol. The van der Waals surface area contributed by atoms with Gasteiger partial charge in [0, 0.05) is 85.2 Å². The van der Waals surface area contributed by atoms with Crippen molar-refractivity contribution < 1.29 is 20.6 Å². The van der Waals surface area contributed by atoms with Crippen LogP contribution in [-0.4, -0.2) is 74.8 Å². The van der Waals surface area contributed by atoms with Gasteiger partial charge in [0.25, 0.3) is 0 Å². The third-order valence-corrected chi connectivity index (χ3v) is 16.8. The fraction of sp³-hybridized carbons (Fsp3) is 0.208. The number of aryl methyl sites for hydroxylation is 4. The molecule has 558 valence electrons. The number of nitrogens with zero attached hydrogens (tertiary/aromatic N) is 16. The number of benzene rings is 10.